The molecule has 0 aliphatic rings. The van der Waals surface area contributed by atoms with E-state index in [2.05, 4.69) is 20.5 Å². The molecule has 17 heavy (non-hydrogen) atoms. The summed E-state index contributed by atoms with van der Waals surface area (Å²) in [7, 11) is 0. The summed E-state index contributed by atoms with van der Waals surface area (Å²) in [6.45, 7) is 3.54. The smallest absolute Gasteiger partial charge is 0.291 e. The third-order valence-electron chi connectivity index (χ3n) is 2.04. The van der Waals surface area contributed by atoms with Gasteiger partial charge in [0.15, 0.2) is 0 Å². The van der Waals surface area contributed by atoms with Gasteiger partial charge >= 0.3 is 0 Å². The fourth-order valence-electron chi connectivity index (χ4n) is 1.00. The van der Waals surface area contributed by atoms with E-state index in [1.165, 1.54) is 0 Å². The minimum Gasteiger partial charge on any atom is -0.381 e. The van der Waals surface area contributed by atoms with Gasteiger partial charge in [-0.1, -0.05) is 13.8 Å². The van der Waals surface area contributed by atoms with E-state index in [4.69, 9.17) is 10.8 Å². The standard InChI is InChI=1S/C9H15N5O3/c1-4(2)7-12-8(14-13-7)9(17)11-3-5(15)6(10)16/h4-5,15H,3H2,1-2H3,(H2,10,16)(H,11,17)(H,12,13,14). The van der Waals surface area contributed by atoms with Crippen molar-refractivity contribution in [1.29, 1.82) is 0 Å². The van der Waals surface area contributed by atoms with Gasteiger partial charge in [0, 0.05) is 5.92 Å². The zero-order valence-corrected chi connectivity index (χ0v) is 9.60. The van der Waals surface area contributed by atoms with Crippen molar-refractivity contribution in [2.45, 2.75) is 25.9 Å². The van der Waals surface area contributed by atoms with Gasteiger partial charge in [0.2, 0.25) is 11.7 Å². The molecule has 1 unspecified atom stereocenters. The average Bonchev–Trinajstić information content (AvgIpc) is 2.74. The van der Waals surface area contributed by atoms with Gasteiger partial charge in [0.05, 0.1) is 6.54 Å². The van der Waals surface area contributed by atoms with Crippen molar-refractivity contribution in [3.8, 4) is 0 Å². The first kappa shape index (κ1) is 13.1. The fourth-order valence-corrected chi connectivity index (χ4v) is 1.00. The molecule has 0 aliphatic carbocycles. The summed E-state index contributed by atoms with van der Waals surface area (Å²) < 4.78 is 0. The van der Waals surface area contributed by atoms with Crippen LogP contribution in [0.4, 0.5) is 0 Å². The number of aliphatic hydroxyl groups excluding tert-OH is 1. The second-order valence-corrected chi connectivity index (χ2v) is 3.83. The van der Waals surface area contributed by atoms with E-state index in [9.17, 15) is 9.59 Å². The van der Waals surface area contributed by atoms with Gasteiger partial charge in [0.1, 0.15) is 11.9 Å². The molecule has 1 heterocycles. The van der Waals surface area contributed by atoms with E-state index in [0.29, 0.717) is 5.82 Å². The van der Waals surface area contributed by atoms with Crippen molar-refractivity contribution < 1.29 is 14.7 Å². The highest BCUT2D eigenvalue weighted by atomic mass is 16.3. The van der Waals surface area contributed by atoms with Crippen LogP contribution in [0.15, 0.2) is 0 Å². The quantitative estimate of drug-likeness (QED) is 0.498. The summed E-state index contributed by atoms with van der Waals surface area (Å²) in [5.41, 5.74) is 4.83. The molecule has 5 N–H and O–H groups in total. The Bertz CT molecular complexity index is 415. The van der Waals surface area contributed by atoms with Crippen molar-refractivity contribution in [2.75, 3.05) is 6.54 Å². The van der Waals surface area contributed by atoms with Gasteiger partial charge in [-0.15, -0.1) is 5.10 Å². The first-order valence-electron chi connectivity index (χ1n) is 5.09. The maximum absolute atomic E-state index is 11.5. The number of rotatable bonds is 5. The molecule has 0 spiro atoms. The number of hydrogen-bond acceptors (Lipinski definition) is 5. The lowest BCUT2D eigenvalue weighted by Crippen LogP contribution is -2.40. The van der Waals surface area contributed by atoms with E-state index >= 15 is 0 Å². The van der Waals surface area contributed by atoms with Gasteiger partial charge in [-0.2, -0.15) is 0 Å². The summed E-state index contributed by atoms with van der Waals surface area (Å²) in [4.78, 5) is 26.0. The SMILES string of the molecule is CC(C)c1nc(C(=O)NCC(O)C(N)=O)n[nH]1. The molecule has 94 valence electrons. The van der Waals surface area contributed by atoms with E-state index in [-0.39, 0.29) is 18.3 Å². The zero-order chi connectivity index (χ0) is 13.0. The lowest BCUT2D eigenvalue weighted by atomic mass is 10.2. The molecule has 0 radical (unpaired) electrons. The van der Waals surface area contributed by atoms with E-state index < -0.39 is 17.9 Å². The molecule has 2 amide bonds. The number of aromatic nitrogens is 3. The summed E-state index contributed by atoms with van der Waals surface area (Å²) >= 11 is 0. The summed E-state index contributed by atoms with van der Waals surface area (Å²) in [6, 6.07) is 0. The summed E-state index contributed by atoms with van der Waals surface area (Å²) in [6.07, 6.45) is -1.41. The molecule has 8 nitrogen and oxygen atoms in total. The van der Waals surface area contributed by atoms with Crippen LogP contribution in [0.25, 0.3) is 0 Å². The van der Waals surface area contributed by atoms with Crippen LogP contribution in [0, 0.1) is 0 Å². The predicted molar refractivity (Wildman–Crippen MR) is 58.0 cm³/mol. The maximum atomic E-state index is 11.5. The number of hydrogen-bond donors (Lipinski definition) is 4. The van der Waals surface area contributed by atoms with E-state index in [0.717, 1.165) is 0 Å². The number of carbonyl (C=O) groups excluding carboxylic acids is 2. The minimum absolute atomic E-state index is 0.0367. The van der Waals surface area contributed by atoms with Crippen LogP contribution in [0.3, 0.4) is 0 Å². The van der Waals surface area contributed by atoms with Gasteiger partial charge in [-0.05, 0) is 0 Å². The molecular weight excluding hydrogens is 226 g/mol. The monoisotopic (exact) mass is 241 g/mol. The highest BCUT2D eigenvalue weighted by Crippen LogP contribution is 2.07. The number of amides is 2. The summed E-state index contributed by atoms with van der Waals surface area (Å²) in [5, 5.41) is 17.7. The maximum Gasteiger partial charge on any atom is 0.291 e. The Hall–Kier alpha value is -1.96. The van der Waals surface area contributed by atoms with Crippen molar-refractivity contribution in [1.82, 2.24) is 20.5 Å². The highest BCUT2D eigenvalue weighted by molar-refractivity contribution is 5.90. The molecule has 1 rings (SSSR count). The van der Waals surface area contributed by atoms with Gasteiger partial charge in [-0.3, -0.25) is 14.7 Å². The second kappa shape index (κ2) is 5.39. The van der Waals surface area contributed by atoms with Crippen molar-refractivity contribution in [3.63, 3.8) is 0 Å². The van der Waals surface area contributed by atoms with Crippen LogP contribution in [-0.2, 0) is 4.79 Å². The molecule has 0 aliphatic heterocycles. The molecule has 0 saturated carbocycles. The van der Waals surface area contributed by atoms with Crippen molar-refractivity contribution in [3.05, 3.63) is 11.6 Å². The molecule has 8 heteroatoms. The number of aliphatic hydroxyl groups is 1. The Balaban J connectivity index is 2.55. The largest absolute Gasteiger partial charge is 0.381 e. The van der Waals surface area contributed by atoms with Crippen molar-refractivity contribution >= 4 is 11.8 Å². The van der Waals surface area contributed by atoms with Crippen LogP contribution in [0.2, 0.25) is 0 Å². The molecule has 1 aromatic rings. The van der Waals surface area contributed by atoms with Crippen LogP contribution in [0.5, 0.6) is 0 Å². The first-order valence-corrected chi connectivity index (χ1v) is 5.09. The molecule has 1 atom stereocenters. The molecule has 0 saturated heterocycles. The van der Waals surface area contributed by atoms with Crippen LogP contribution in [-0.4, -0.2) is 44.8 Å². The third-order valence-corrected chi connectivity index (χ3v) is 2.04. The normalized spacial score (nSPS) is 12.5. The lowest BCUT2D eigenvalue weighted by molar-refractivity contribution is -0.125. The molecule has 0 aromatic carbocycles. The number of H-pyrrole nitrogens is 1. The third kappa shape index (κ3) is 3.52. The Morgan fingerprint density at radius 3 is 2.65 bits per heavy atom. The Morgan fingerprint density at radius 2 is 2.18 bits per heavy atom. The number of carbonyl (C=O) groups is 2. The number of primary amides is 1. The molecule has 1 aromatic heterocycles. The number of nitrogens with two attached hydrogens (primary N) is 1. The van der Waals surface area contributed by atoms with Crippen LogP contribution < -0.4 is 11.1 Å². The first-order chi connectivity index (χ1) is 7.91. The minimum atomic E-state index is -1.41. The van der Waals surface area contributed by atoms with Crippen LogP contribution in [0.1, 0.15) is 36.2 Å². The lowest BCUT2D eigenvalue weighted by Gasteiger charge is -2.06. The molecule has 0 bridgehead atoms. The van der Waals surface area contributed by atoms with Gasteiger partial charge < -0.3 is 16.2 Å². The average molecular weight is 241 g/mol. The van der Waals surface area contributed by atoms with Gasteiger partial charge in [0.25, 0.3) is 5.91 Å². The predicted octanol–water partition coefficient (Wildman–Crippen LogP) is -1.50. The Kier molecular flexibility index (Phi) is 4.16. The molecule has 0 fully saturated rings. The topological polar surface area (TPSA) is 134 Å². The number of aromatic amines is 1. The zero-order valence-electron chi connectivity index (χ0n) is 9.60. The second-order valence-electron chi connectivity index (χ2n) is 3.83. The number of nitrogens with one attached hydrogen (secondary N) is 2. The summed E-state index contributed by atoms with van der Waals surface area (Å²) in [5.74, 6) is -0.798. The Labute approximate surface area is 97.6 Å². The number of nitrogens with zero attached hydrogens (tertiary/aromatic N) is 2. The fraction of sp³-hybridized carbons (Fsp3) is 0.556. The van der Waals surface area contributed by atoms with Crippen LogP contribution >= 0.6 is 0 Å². The Morgan fingerprint density at radius 1 is 1.53 bits per heavy atom. The highest BCUT2D eigenvalue weighted by Gasteiger charge is 2.16. The molecular formula is C9H15N5O3. The van der Waals surface area contributed by atoms with E-state index in [1.807, 2.05) is 13.8 Å². The van der Waals surface area contributed by atoms with Gasteiger partial charge in [-0.25, -0.2) is 4.98 Å². The van der Waals surface area contributed by atoms with Crippen molar-refractivity contribution in [2.24, 2.45) is 5.73 Å². The van der Waals surface area contributed by atoms with E-state index in [1.54, 1.807) is 0 Å².